The van der Waals surface area contributed by atoms with Crippen molar-refractivity contribution in [3.05, 3.63) is 52.6 Å². The highest BCUT2D eigenvalue weighted by Crippen LogP contribution is 2.22. The third-order valence-electron chi connectivity index (χ3n) is 4.25. The summed E-state index contributed by atoms with van der Waals surface area (Å²) in [5.41, 5.74) is 3.47. The number of esters is 1. The van der Waals surface area contributed by atoms with Gasteiger partial charge < -0.3 is 14.6 Å². The Morgan fingerprint density at radius 1 is 1.28 bits per heavy atom. The van der Waals surface area contributed by atoms with Crippen LogP contribution < -0.4 is 5.32 Å². The molecule has 2 aromatic rings. The van der Waals surface area contributed by atoms with Crippen molar-refractivity contribution in [3.63, 3.8) is 0 Å². The molecule has 0 aromatic carbocycles. The largest absolute Gasteiger partial charge is 0.461 e. The summed E-state index contributed by atoms with van der Waals surface area (Å²) in [4.78, 5) is 29.0. The number of Topliss-reactive ketones (excluding diaryl/α,β-unsaturated/α-hetero) is 1. The van der Waals surface area contributed by atoms with Crippen LogP contribution in [-0.2, 0) is 18.2 Å². The van der Waals surface area contributed by atoms with Crippen molar-refractivity contribution in [2.24, 2.45) is 7.05 Å². The van der Waals surface area contributed by atoms with Gasteiger partial charge in [-0.2, -0.15) is 0 Å². The second kappa shape index (κ2) is 8.58. The maximum absolute atomic E-state index is 12.6. The summed E-state index contributed by atoms with van der Waals surface area (Å²) >= 11 is 0. The third-order valence-corrected chi connectivity index (χ3v) is 4.25. The first kappa shape index (κ1) is 18.9. The Labute approximate surface area is 148 Å². The molecule has 0 aliphatic rings. The molecule has 0 saturated heterocycles. The summed E-state index contributed by atoms with van der Waals surface area (Å²) in [7, 11) is 1.78. The van der Waals surface area contributed by atoms with E-state index in [-0.39, 0.29) is 12.3 Å². The van der Waals surface area contributed by atoms with Gasteiger partial charge in [0.2, 0.25) is 0 Å². The molecule has 0 radical (unpaired) electrons. The molecule has 0 unspecified atom stereocenters. The van der Waals surface area contributed by atoms with E-state index in [9.17, 15) is 9.59 Å². The predicted molar refractivity (Wildman–Crippen MR) is 96.0 cm³/mol. The van der Waals surface area contributed by atoms with Crippen LogP contribution in [0.4, 0.5) is 0 Å². The molecule has 134 valence electrons. The molecule has 0 atom stereocenters. The second-order valence-corrected chi connectivity index (χ2v) is 5.88. The molecule has 25 heavy (non-hydrogen) atoms. The van der Waals surface area contributed by atoms with Crippen molar-refractivity contribution >= 4 is 11.8 Å². The summed E-state index contributed by atoms with van der Waals surface area (Å²) < 4.78 is 6.82. The average molecular weight is 343 g/mol. The lowest BCUT2D eigenvalue weighted by Gasteiger charge is -2.05. The first-order chi connectivity index (χ1) is 12.0. The summed E-state index contributed by atoms with van der Waals surface area (Å²) in [6, 6.07) is 5.78. The Morgan fingerprint density at radius 3 is 2.68 bits per heavy atom. The van der Waals surface area contributed by atoms with Gasteiger partial charge in [-0.15, -0.1) is 0 Å². The number of nitrogens with one attached hydrogen (secondary N) is 1. The molecule has 6 nitrogen and oxygen atoms in total. The van der Waals surface area contributed by atoms with Gasteiger partial charge in [0.1, 0.15) is 5.69 Å². The molecule has 2 aromatic heterocycles. The first-order valence-electron chi connectivity index (χ1n) is 8.44. The molecule has 0 fully saturated rings. The van der Waals surface area contributed by atoms with Crippen LogP contribution in [-0.4, -0.2) is 41.0 Å². The summed E-state index contributed by atoms with van der Waals surface area (Å²) in [5.74, 6) is -0.421. The molecular formula is C19H25N3O3. The van der Waals surface area contributed by atoms with Crippen molar-refractivity contribution < 1.29 is 14.3 Å². The Morgan fingerprint density at radius 2 is 2.04 bits per heavy atom. The Balaban J connectivity index is 2.02. The van der Waals surface area contributed by atoms with Crippen molar-refractivity contribution in [3.8, 4) is 0 Å². The van der Waals surface area contributed by atoms with Crippen LogP contribution >= 0.6 is 0 Å². The molecular weight excluding hydrogens is 318 g/mol. The minimum absolute atomic E-state index is 0.0258. The standard InChI is InChI=1S/C19H25N3O3/c1-5-25-19(24)18-13(2)17(14(3)22(18)4)16(23)12-20-11-9-15-8-6-7-10-21-15/h6-8,10,20H,5,9,11-12H2,1-4H3. The highest BCUT2D eigenvalue weighted by Gasteiger charge is 2.25. The van der Waals surface area contributed by atoms with E-state index < -0.39 is 5.97 Å². The minimum atomic E-state index is -0.396. The van der Waals surface area contributed by atoms with Crippen LogP contribution in [0.1, 0.15) is 44.7 Å². The van der Waals surface area contributed by atoms with Gasteiger partial charge in [-0.05, 0) is 38.5 Å². The number of ether oxygens (including phenoxy) is 1. The van der Waals surface area contributed by atoms with Gasteiger partial charge in [0.05, 0.1) is 13.2 Å². The predicted octanol–water partition coefficient (Wildman–Crippen LogP) is 2.23. The number of rotatable bonds is 8. The SMILES string of the molecule is CCOC(=O)c1c(C)c(C(=O)CNCCc2ccccn2)c(C)n1C. The fraction of sp³-hybridized carbons (Fsp3) is 0.421. The fourth-order valence-electron chi connectivity index (χ4n) is 2.93. The fourth-order valence-corrected chi connectivity index (χ4v) is 2.93. The van der Waals surface area contributed by atoms with Crippen molar-refractivity contribution in [1.29, 1.82) is 0 Å². The van der Waals surface area contributed by atoms with Crippen LogP contribution in [0, 0.1) is 13.8 Å². The van der Waals surface area contributed by atoms with E-state index in [2.05, 4.69) is 10.3 Å². The number of aromatic nitrogens is 2. The van der Waals surface area contributed by atoms with E-state index in [1.165, 1.54) is 0 Å². The van der Waals surface area contributed by atoms with Crippen LogP contribution in [0.2, 0.25) is 0 Å². The van der Waals surface area contributed by atoms with Crippen LogP contribution in [0.3, 0.4) is 0 Å². The molecule has 2 heterocycles. The molecule has 0 aliphatic carbocycles. The Kier molecular flexibility index (Phi) is 6.47. The lowest BCUT2D eigenvalue weighted by Crippen LogP contribution is -2.26. The van der Waals surface area contributed by atoms with E-state index in [0.29, 0.717) is 30.0 Å². The molecule has 1 N–H and O–H groups in total. The molecule has 0 aliphatic heterocycles. The van der Waals surface area contributed by atoms with Crippen molar-refractivity contribution in [2.45, 2.75) is 27.2 Å². The Bertz CT molecular complexity index is 751. The normalized spacial score (nSPS) is 10.7. The average Bonchev–Trinajstić information content (AvgIpc) is 2.82. The van der Waals surface area contributed by atoms with Gasteiger partial charge in [-0.1, -0.05) is 6.07 Å². The molecule has 6 heteroatoms. The highest BCUT2D eigenvalue weighted by molar-refractivity contribution is 6.03. The maximum Gasteiger partial charge on any atom is 0.355 e. The quantitative estimate of drug-likeness (QED) is 0.452. The van der Waals surface area contributed by atoms with Gasteiger partial charge in [-0.25, -0.2) is 4.79 Å². The van der Waals surface area contributed by atoms with E-state index in [0.717, 1.165) is 17.8 Å². The number of nitrogens with zero attached hydrogens (tertiary/aromatic N) is 2. The van der Waals surface area contributed by atoms with Gasteiger partial charge in [0.25, 0.3) is 0 Å². The molecule has 0 saturated carbocycles. The van der Waals surface area contributed by atoms with E-state index in [1.54, 1.807) is 31.7 Å². The molecule has 0 spiro atoms. The van der Waals surface area contributed by atoms with Crippen LogP contribution in [0.15, 0.2) is 24.4 Å². The Hall–Kier alpha value is -2.47. The summed E-state index contributed by atoms with van der Waals surface area (Å²) in [6.45, 7) is 6.60. The summed E-state index contributed by atoms with van der Waals surface area (Å²) in [6.07, 6.45) is 2.52. The summed E-state index contributed by atoms with van der Waals surface area (Å²) in [5, 5.41) is 3.15. The zero-order valence-corrected chi connectivity index (χ0v) is 15.3. The second-order valence-electron chi connectivity index (χ2n) is 5.88. The lowest BCUT2D eigenvalue weighted by atomic mass is 10.1. The van der Waals surface area contributed by atoms with Gasteiger partial charge in [0.15, 0.2) is 5.78 Å². The number of pyridine rings is 1. The van der Waals surface area contributed by atoms with Gasteiger partial charge in [-0.3, -0.25) is 9.78 Å². The smallest absolute Gasteiger partial charge is 0.355 e. The molecule has 2 rings (SSSR count). The van der Waals surface area contributed by atoms with Gasteiger partial charge >= 0.3 is 5.97 Å². The zero-order valence-electron chi connectivity index (χ0n) is 15.3. The number of carbonyl (C=O) groups is 2. The van der Waals surface area contributed by atoms with Crippen molar-refractivity contribution in [1.82, 2.24) is 14.9 Å². The lowest BCUT2D eigenvalue weighted by molar-refractivity contribution is 0.0514. The molecule has 0 bridgehead atoms. The maximum atomic E-state index is 12.6. The van der Waals surface area contributed by atoms with Crippen molar-refractivity contribution in [2.75, 3.05) is 19.7 Å². The number of carbonyl (C=O) groups excluding carboxylic acids is 2. The van der Waals surface area contributed by atoms with Crippen LogP contribution in [0.5, 0.6) is 0 Å². The third kappa shape index (κ3) is 4.33. The highest BCUT2D eigenvalue weighted by atomic mass is 16.5. The number of ketones is 1. The van der Waals surface area contributed by atoms with E-state index >= 15 is 0 Å². The number of hydrogen-bond donors (Lipinski definition) is 1. The van der Waals surface area contributed by atoms with Crippen LogP contribution in [0.25, 0.3) is 0 Å². The van der Waals surface area contributed by atoms with E-state index in [4.69, 9.17) is 4.74 Å². The minimum Gasteiger partial charge on any atom is -0.461 e. The number of hydrogen-bond acceptors (Lipinski definition) is 5. The molecule has 0 amide bonds. The van der Waals surface area contributed by atoms with E-state index in [1.807, 2.05) is 25.1 Å². The topological polar surface area (TPSA) is 73.2 Å². The first-order valence-corrected chi connectivity index (χ1v) is 8.44. The zero-order chi connectivity index (χ0) is 18.4. The monoisotopic (exact) mass is 343 g/mol. The van der Waals surface area contributed by atoms with Gasteiger partial charge in [0, 0.05) is 43.2 Å².